The summed E-state index contributed by atoms with van der Waals surface area (Å²) in [6.45, 7) is 5.21. The summed E-state index contributed by atoms with van der Waals surface area (Å²) in [7, 11) is 0. The zero-order valence-corrected chi connectivity index (χ0v) is 13.9. The Kier molecular flexibility index (Phi) is 4.36. The van der Waals surface area contributed by atoms with Crippen molar-refractivity contribution < 1.29 is 9.47 Å². The van der Waals surface area contributed by atoms with Gasteiger partial charge in [-0.3, -0.25) is 4.98 Å². The highest BCUT2D eigenvalue weighted by Crippen LogP contribution is 2.39. The standard InChI is InChI=1S/C18H20N4O2/c1-3-24-17-16(18(10-19)4-5-23-11-18)6-13(8-22-17)15-7-14(20)9-21-12(15)2/h6-9H,3-5,11,20H2,1-2H3. The molecule has 1 aliphatic rings. The van der Waals surface area contributed by atoms with Gasteiger partial charge in [-0.2, -0.15) is 5.26 Å². The van der Waals surface area contributed by atoms with Crippen LogP contribution in [0.15, 0.2) is 24.5 Å². The van der Waals surface area contributed by atoms with Crippen molar-refractivity contribution in [1.29, 1.82) is 5.26 Å². The fourth-order valence-electron chi connectivity index (χ4n) is 2.96. The number of nitriles is 1. The minimum absolute atomic E-state index is 0.350. The summed E-state index contributed by atoms with van der Waals surface area (Å²) in [5.74, 6) is 0.489. The molecule has 0 bridgehead atoms. The minimum Gasteiger partial charge on any atom is -0.478 e. The Balaban J connectivity index is 2.16. The van der Waals surface area contributed by atoms with Crippen molar-refractivity contribution in [1.82, 2.24) is 9.97 Å². The Morgan fingerprint density at radius 1 is 1.38 bits per heavy atom. The molecule has 0 saturated carbocycles. The fourth-order valence-corrected chi connectivity index (χ4v) is 2.96. The average molecular weight is 324 g/mol. The molecule has 0 radical (unpaired) electrons. The van der Waals surface area contributed by atoms with E-state index in [9.17, 15) is 5.26 Å². The van der Waals surface area contributed by atoms with Crippen LogP contribution in [0, 0.1) is 18.3 Å². The lowest BCUT2D eigenvalue weighted by Crippen LogP contribution is -2.25. The number of rotatable bonds is 4. The van der Waals surface area contributed by atoms with Crippen LogP contribution in [0.4, 0.5) is 5.69 Å². The van der Waals surface area contributed by atoms with Gasteiger partial charge in [-0.05, 0) is 32.4 Å². The van der Waals surface area contributed by atoms with Crippen LogP contribution in [-0.2, 0) is 10.2 Å². The van der Waals surface area contributed by atoms with E-state index in [1.54, 1.807) is 12.4 Å². The van der Waals surface area contributed by atoms with Crippen molar-refractivity contribution in [2.75, 3.05) is 25.6 Å². The predicted octanol–water partition coefficient (Wildman–Crippen LogP) is 2.61. The molecule has 1 fully saturated rings. The summed E-state index contributed by atoms with van der Waals surface area (Å²) in [6.07, 6.45) is 3.99. The van der Waals surface area contributed by atoms with E-state index in [1.165, 1.54) is 0 Å². The van der Waals surface area contributed by atoms with E-state index in [0.29, 0.717) is 37.8 Å². The molecule has 1 saturated heterocycles. The minimum atomic E-state index is -0.727. The molecule has 124 valence electrons. The van der Waals surface area contributed by atoms with Crippen molar-refractivity contribution in [2.45, 2.75) is 25.7 Å². The molecular formula is C18H20N4O2. The number of hydrogen-bond acceptors (Lipinski definition) is 6. The number of nitrogens with zero attached hydrogens (tertiary/aromatic N) is 3. The molecule has 2 aromatic rings. The third-order valence-electron chi connectivity index (χ3n) is 4.30. The van der Waals surface area contributed by atoms with E-state index in [4.69, 9.17) is 15.2 Å². The quantitative estimate of drug-likeness (QED) is 0.929. The van der Waals surface area contributed by atoms with Crippen LogP contribution < -0.4 is 10.5 Å². The van der Waals surface area contributed by atoms with Gasteiger partial charge in [0.2, 0.25) is 5.88 Å². The molecule has 0 amide bonds. The lowest BCUT2D eigenvalue weighted by Gasteiger charge is -2.22. The van der Waals surface area contributed by atoms with Gasteiger partial charge in [-0.25, -0.2) is 4.98 Å². The number of aromatic nitrogens is 2. The maximum atomic E-state index is 9.78. The second kappa shape index (κ2) is 6.46. The molecule has 24 heavy (non-hydrogen) atoms. The monoisotopic (exact) mass is 324 g/mol. The van der Waals surface area contributed by atoms with E-state index >= 15 is 0 Å². The third kappa shape index (κ3) is 2.79. The number of anilines is 1. The number of aryl methyl sites for hydroxylation is 1. The molecular weight excluding hydrogens is 304 g/mol. The van der Waals surface area contributed by atoms with Crippen molar-refractivity contribution in [3.05, 3.63) is 35.8 Å². The molecule has 6 nitrogen and oxygen atoms in total. The van der Waals surface area contributed by atoms with Crippen molar-refractivity contribution in [3.63, 3.8) is 0 Å². The van der Waals surface area contributed by atoms with Crippen molar-refractivity contribution in [2.24, 2.45) is 0 Å². The van der Waals surface area contributed by atoms with Gasteiger partial charge in [0.15, 0.2) is 0 Å². The maximum Gasteiger partial charge on any atom is 0.218 e. The largest absolute Gasteiger partial charge is 0.478 e. The summed E-state index contributed by atoms with van der Waals surface area (Å²) in [5, 5.41) is 9.78. The number of nitrogen functional groups attached to an aromatic ring is 1. The van der Waals surface area contributed by atoms with E-state index in [2.05, 4.69) is 16.0 Å². The summed E-state index contributed by atoms with van der Waals surface area (Å²) >= 11 is 0. The molecule has 0 aromatic carbocycles. The Hall–Kier alpha value is -2.65. The van der Waals surface area contributed by atoms with Crippen LogP contribution in [-0.4, -0.2) is 29.8 Å². The topological polar surface area (TPSA) is 94.0 Å². The average Bonchev–Trinajstić information content (AvgIpc) is 3.08. The SMILES string of the molecule is CCOc1ncc(-c2cc(N)cnc2C)cc1C1(C#N)CCOC1. The van der Waals surface area contributed by atoms with Gasteiger partial charge in [0, 0.05) is 35.2 Å². The second-order valence-electron chi connectivity index (χ2n) is 5.91. The Bertz CT molecular complexity index is 792. The Morgan fingerprint density at radius 2 is 2.21 bits per heavy atom. The number of hydrogen-bond donors (Lipinski definition) is 1. The van der Waals surface area contributed by atoms with Gasteiger partial charge < -0.3 is 15.2 Å². The Morgan fingerprint density at radius 3 is 2.88 bits per heavy atom. The molecule has 2 N–H and O–H groups in total. The first-order chi connectivity index (χ1) is 11.6. The summed E-state index contributed by atoms with van der Waals surface area (Å²) in [5.41, 5.74) is 9.13. The molecule has 1 aliphatic heterocycles. The van der Waals surface area contributed by atoms with Crippen LogP contribution in [0.1, 0.15) is 24.6 Å². The first-order valence-corrected chi connectivity index (χ1v) is 7.94. The zero-order chi connectivity index (χ0) is 17.2. The van der Waals surface area contributed by atoms with Crippen LogP contribution in [0.2, 0.25) is 0 Å². The first kappa shape index (κ1) is 16.2. The first-order valence-electron chi connectivity index (χ1n) is 7.94. The molecule has 0 aliphatic carbocycles. The van der Waals surface area contributed by atoms with Crippen LogP contribution >= 0.6 is 0 Å². The smallest absolute Gasteiger partial charge is 0.218 e. The highest BCUT2D eigenvalue weighted by atomic mass is 16.5. The van der Waals surface area contributed by atoms with Gasteiger partial charge in [0.1, 0.15) is 5.41 Å². The molecule has 6 heteroatoms. The Labute approximate surface area is 141 Å². The normalized spacial score (nSPS) is 19.9. The number of pyridine rings is 2. The molecule has 1 unspecified atom stereocenters. The zero-order valence-electron chi connectivity index (χ0n) is 13.9. The number of nitrogens with two attached hydrogens (primary N) is 1. The lowest BCUT2D eigenvalue weighted by atomic mass is 9.81. The fraction of sp³-hybridized carbons (Fsp3) is 0.389. The number of ether oxygens (including phenoxy) is 2. The molecule has 0 spiro atoms. The van der Waals surface area contributed by atoms with Crippen LogP contribution in [0.25, 0.3) is 11.1 Å². The van der Waals surface area contributed by atoms with Crippen LogP contribution in [0.5, 0.6) is 5.88 Å². The van der Waals surface area contributed by atoms with Gasteiger partial charge in [-0.1, -0.05) is 0 Å². The highest BCUT2D eigenvalue weighted by Gasteiger charge is 2.40. The van der Waals surface area contributed by atoms with Gasteiger partial charge in [0.25, 0.3) is 0 Å². The third-order valence-corrected chi connectivity index (χ3v) is 4.30. The van der Waals surface area contributed by atoms with Gasteiger partial charge in [-0.15, -0.1) is 0 Å². The molecule has 3 heterocycles. The molecule has 3 rings (SSSR count). The molecule has 1 atom stereocenters. The molecule has 2 aromatic heterocycles. The maximum absolute atomic E-state index is 9.78. The van der Waals surface area contributed by atoms with E-state index in [1.807, 2.05) is 26.0 Å². The van der Waals surface area contributed by atoms with Gasteiger partial charge in [0.05, 0.1) is 31.2 Å². The lowest BCUT2D eigenvalue weighted by molar-refractivity contribution is 0.185. The van der Waals surface area contributed by atoms with E-state index in [-0.39, 0.29) is 0 Å². The van der Waals surface area contributed by atoms with Gasteiger partial charge >= 0.3 is 0 Å². The summed E-state index contributed by atoms with van der Waals surface area (Å²) in [6, 6.07) is 6.24. The summed E-state index contributed by atoms with van der Waals surface area (Å²) in [4.78, 5) is 8.76. The van der Waals surface area contributed by atoms with E-state index < -0.39 is 5.41 Å². The highest BCUT2D eigenvalue weighted by molar-refractivity contribution is 5.70. The van der Waals surface area contributed by atoms with Crippen LogP contribution in [0.3, 0.4) is 0 Å². The summed E-state index contributed by atoms with van der Waals surface area (Å²) < 4.78 is 11.2. The van der Waals surface area contributed by atoms with Crippen molar-refractivity contribution in [3.8, 4) is 23.1 Å². The van der Waals surface area contributed by atoms with E-state index in [0.717, 1.165) is 22.4 Å². The predicted molar refractivity (Wildman–Crippen MR) is 90.5 cm³/mol. The second-order valence-corrected chi connectivity index (χ2v) is 5.91. The van der Waals surface area contributed by atoms with Crippen molar-refractivity contribution >= 4 is 5.69 Å².